The normalized spacial score (nSPS) is 20.8. The van der Waals surface area contributed by atoms with Gasteiger partial charge in [-0.15, -0.1) is 11.3 Å². The second-order valence-electron chi connectivity index (χ2n) is 6.82. The maximum Gasteiger partial charge on any atom is 0.251 e. The van der Waals surface area contributed by atoms with E-state index in [4.69, 9.17) is 4.74 Å². The Bertz CT molecular complexity index is 935. The third kappa shape index (κ3) is 5.21. The van der Waals surface area contributed by atoms with Crippen molar-refractivity contribution in [1.29, 1.82) is 0 Å². The van der Waals surface area contributed by atoms with Gasteiger partial charge >= 0.3 is 0 Å². The molecule has 1 aliphatic rings. The largest absolute Gasteiger partial charge is 0.373 e. The van der Waals surface area contributed by atoms with E-state index in [0.717, 1.165) is 10.2 Å². The van der Waals surface area contributed by atoms with Crippen molar-refractivity contribution in [3.05, 3.63) is 50.6 Å². The second kappa shape index (κ2) is 9.04. The van der Waals surface area contributed by atoms with Gasteiger partial charge in [0.05, 0.1) is 20.9 Å². The molecule has 28 heavy (non-hydrogen) atoms. The van der Waals surface area contributed by atoms with Gasteiger partial charge in [0.1, 0.15) is 0 Å². The van der Waals surface area contributed by atoms with Crippen LogP contribution in [0.2, 0.25) is 0 Å². The number of nitrogens with one attached hydrogen (secondary N) is 1. The van der Waals surface area contributed by atoms with Crippen molar-refractivity contribution >= 4 is 43.2 Å². The molecule has 3 rings (SSSR count). The molecule has 152 valence electrons. The fourth-order valence-electron chi connectivity index (χ4n) is 3.16. The van der Waals surface area contributed by atoms with Crippen molar-refractivity contribution in [2.75, 3.05) is 19.6 Å². The molecule has 2 aromatic rings. The standard InChI is InChI=1S/C19H23BrN2O4S2/c1-13-11-22(12-14(2)26-13)28(24,25)17-5-3-4-15(10-17)19(23)21-9-8-16-6-7-18(20)27-16/h3-7,10,13-14H,8-9,11-12H2,1-2H3,(H,21,23). The van der Waals surface area contributed by atoms with Gasteiger partial charge in [-0.3, -0.25) is 4.79 Å². The molecule has 0 spiro atoms. The summed E-state index contributed by atoms with van der Waals surface area (Å²) in [7, 11) is -3.67. The van der Waals surface area contributed by atoms with Gasteiger partial charge in [-0.2, -0.15) is 4.31 Å². The molecule has 1 aromatic heterocycles. The summed E-state index contributed by atoms with van der Waals surface area (Å²) in [5, 5.41) is 2.85. The van der Waals surface area contributed by atoms with E-state index in [1.807, 2.05) is 26.0 Å². The zero-order valence-electron chi connectivity index (χ0n) is 15.7. The first kappa shape index (κ1) is 21.4. The van der Waals surface area contributed by atoms with Gasteiger partial charge in [0.2, 0.25) is 10.0 Å². The van der Waals surface area contributed by atoms with Gasteiger partial charge in [0.25, 0.3) is 5.91 Å². The predicted molar refractivity (Wildman–Crippen MR) is 113 cm³/mol. The van der Waals surface area contributed by atoms with Crippen molar-refractivity contribution in [3.63, 3.8) is 0 Å². The van der Waals surface area contributed by atoms with E-state index in [2.05, 4.69) is 21.2 Å². The number of nitrogens with zero attached hydrogens (tertiary/aromatic N) is 1. The van der Waals surface area contributed by atoms with Gasteiger partial charge in [-0.25, -0.2) is 8.42 Å². The van der Waals surface area contributed by atoms with E-state index in [0.29, 0.717) is 25.2 Å². The van der Waals surface area contributed by atoms with Gasteiger partial charge < -0.3 is 10.1 Å². The molecule has 6 nitrogen and oxygen atoms in total. The Morgan fingerprint density at radius 1 is 1.25 bits per heavy atom. The number of benzene rings is 1. The van der Waals surface area contributed by atoms with Gasteiger partial charge in [-0.1, -0.05) is 6.07 Å². The Labute approximate surface area is 178 Å². The van der Waals surface area contributed by atoms with Crippen molar-refractivity contribution in [3.8, 4) is 0 Å². The number of amides is 1. The molecule has 9 heteroatoms. The van der Waals surface area contributed by atoms with Crippen LogP contribution in [-0.4, -0.2) is 50.5 Å². The van der Waals surface area contributed by atoms with Crippen LogP contribution < -0.4 is 5.32 Å². The molecule has 0 radical (unpaired) electrons. The zero-order chi connectivity index (χ0) is 20.3. The third-order valence-electron chi connectivity index (χ3n) is 4.41. The van der Waals surface area contributed by atoms with E-state index >= 15 is 0 Å². The monoisotopic (exact) mass is 486 g/mol. The average molecular weight is 487 g/mol. The Hall–Kier alpha value is -1.26. The number of halogens is 1. The summed E-state index contributed by atoms with van der Waals surface area (Å²) in [4.78, 5) is 13.7. The van der Waals surface area contributed by atoms with Gasteiger partial charge in [0, 0.05) is 30.1 Å². The molecular formula is C19H23BrN2O4S2. The Balaban J connectivity index is 1.67. The number of carbonyl (C=O) groups excluding carboxylic acids is 1. The lowest BCUT2D eigenvalue weighted by atomic mass is 10.2. The summed E-state index contributed by atoms with van der Waals surface area (Å²) in [6.45, 7) is 4.81. The van der Waals surface area contributed by atoms with E-state index in [1.54, 1.807) is 23.5 Å². The molecule has 0 saturated carbocycles. The quantitative estimate of drug-likeness (QED) is 0.679. The molecule has 1 fully saturated rings. The smallest absolute Gasteiger partial charge is 0.251 e. The summed E-state index contributed by atoms with van der Waals surface area (Å²) in [5.74, 6) is -0.281. The summed E-state index contributed by atoms with van der Waals surface area (Å²) < 4.78 is 34.1. The number of carbonyl (C=O) groups is 1. The molecule has 2 heterocycles. The minimum atomic E-state index is -3.67. The fraction of sp³-hybridized carbons (Fsp3) is 0.421. The number of morpholine rings is 1. The molecule has 1 aliphatic heterocycles. The fourth-order valence-corrected chi connectivity index (χ4v) is 6.28. The van der Waals surface area contributed by atoms with E-state index < -0.39 is 10.0 Å². The van der Waals surface area contributed by atoms with Crippen LogP contribution in [0.15, 0.2) is 45.1 Å². The van der Waals surface area contributed by atoms with Gasteiger partial charge in [0.15, 0.2) is 0 Å². The number of thiophene rings is 1. The van der Waals surface area contributed by atoms with Gasteiger partial charge in [-0.05, 0) is 66.5 Å². The number of ether oxygens (including phenoxy) is 1. The summed E-state index contributed by atoms with van der Waals surface area (Å²) in [5.41, 5.74) is 0.336. The van der Waals surface area contributed by atoms with Crippen LogP contribution in [0.3, 0.4) is 0 Å². The molecule has 0 aliphatic carbocycles. The summed E-state index contributed by atoms with van der Waals surface area (Å²) in [6, 6.07) is 10.2. The number of hydrogen-bond acceptors (Lipinski definition) is 5. The first-order chi connectivity index (χ1) is 13.3. The highest BCUT2D eigenvalue weighted by atomic mass is 79.9. The van der Waals surface area contributed by atoms with Crippen molar-refractivity contribution in [1.82, 2.24) is 9.62 Å². The summed E-state index contributed by atoms with van der Waals surface area (Å²) in [6.07, 6.45) is 0.397. The van der Waals surface area contributed by atoms with Crippen LogP contribution in [0.5, 0.6) is 0 Å². The first-order valence-electron chi connectivity index (χ1n) is 9.04. The first-order valence-corrected chi connectivity index (χ1v) is 12.1. The van der Waals surface area contributed by atoms with Crippen LogP contribution in [0.25, 0.3) is 0 Å². The lowest BCUT2D eigenvalue weighted by molar-refractivity contribution is -0.0440. The van der Waals surface area contributed by atoms with Crippen LogP contribution in [-0.2, 0) is 21.2 Å². The van der Waals surface area contributed by atoms with E-state index in [1.165, 1.54) is 21.3 Å². The van der Waals surface area contributed by atoms with Crippen molar-refractivity contribution < 1.29 is 17.9 Å². The van der Waals surface area contributed by atoms with Crippen LogP contribution in [0, 0.1) is 0 Å². The topological polar surface area (TPSA) is 75.7 Å². The Morgan fingerprint density at radius 3 is 2.61 bits per heavy atom. The lowest BCUT2D eigenvalue weighted by Crippen LogP contribution is -2.48. The maximum atomic E-state index is 13.0. The molecule has 2 atom stereocenters. The minimum Gasteiger partial charge on any atom is -0.373 e. The molecule has 1 aromatic carbocycles. The number of rotatable bonds is 6. The predicted octanol–water partition coefficient (Wildman–Crippen LogP) is 3.28. The SMILES string of the molecule is CC1CN(S(=O)(=O)c2cccc(C(=O)NCCc3ccc(Br)s3)c2)CC(C)O1. The number of hydrogen-bond donors (Lipinski definition) is 1. The van der Waals surface area contributed by atoms with E-state index in [9.17, 15) is 13.2 Å². The second-order valence-corrected chi connectivity index (χ2v) is 11.3. The third-order valence-corrected chi connectivity index (χ3v) is 7.92. The Kier molecular flexibility index (Phi) is 6.93. The van der Waals surface area contributed by atoms with Crippen LogP contribution in [0.1, 0.15) is 29.1 Å². The molecule has 1 N–H and O–H groups in total. The molecule has 0 bridgehead atoms. The van der Waals surface area contributed by atoms with Crippen LogP contribution in [0.4, 0.5) is 0 Å². The molecule has 2 unspecified atom stereocenters. The highest BCUT2D eigenvalue weighted by Crippen LogP contribution is 2.23. The molecule has 1 saturated heterocycles. The Morgan fingerprint density at radius 2 is 1.96 bits per heavy atom. The van der Waals surface area contributed by atoms with Crippen LogP contribution >= 0.6 is 27.3 Å². The lowest BCUT2D eigenvalue weighted by Gasteiger charge is -2.34. The highest BCUT2D eigenvalue weighted by molar-refractivity contribution is 9.11. The number of sulfonamides is 1. The maximum absolute atomic E-state index is 13.0. The highest BCUT2D eigenvalue weighted by Gasteiger charge is 2.32. The van der Waals surface area contributed by atoms with E-state index in [-0.39, 0.29) is 23.0 Å². The zero-order valence-corrected chi connectivity index (χ0v) is 18.9. The average Bonchev–Trinajstić information content (AvgIpc) is 3.06. The minimum absolute atomic E-state index is 0.128. The molecular weight excluding hydrogens is 464 g/mol. The van der Waals surface area contributed by atoms with Crippen molar-refractivity contribution in [2.24, 2.45) is 0 Å². The molecule has 1 amide bonds. The summed E-state index contributed by atoms with van der Waals surface area (Å²) >= 11 is 5.05. The van der Waals surface area contributed by atoms with Crippen molar-refractivity contribution in [2.45, 2.75) is 37.4 Å².